The van der Waals surface area contributed by atoms with Crippen molar-refractivity contribution >= 4 is 23.5 Å². The lowest BCUT2D eigenvalue weighted by molar-refractivity contribution is -0.140. The van der Waals surface area contributed by atoms with Crippen LogP contribution in [0.15, 0.2) is 24.3 Å². The number of benzene rings is 1. The molecule has 2 amide bonds. The SMILES string of the molecule is COC(=O)CCNC(=O)c1cccc(NC(=O)C2CCC(N)CC2)c1. The number of rotatable bonds is 6. The zero-order chi connectivity index (χ0) is 18.2. The van der Waals surface area contributed by atoms with Crippen molar-refractivity contribution < 1.29 is 19.1 Å². The topological polar surface area (TPSA) is 111 Å². The molecule has 1 aliphatic rings. The largest absolute Gasteiger partial charge is 0.469 e. The minimum absolute atomic E-state index is 0.0302. The summed E-state index contributed by atoms with van der Waals surface area (Å²) in [4.78, 5) is 35.5. The number of nitrogens with one attached hydrogen (secondary N) is 2. The molecule has 7 heteroatoms. The van der Waals surface area contributed by atoms with E-state index in [4.69, 9.17) is 5.73 Å². The van der Waals surface area contributed by atoms with E-state index >= 15 is 0 Å². The Morgan fingerprint density at radius 1 is 1.20 bits per heavy atom. The molecular formula is C18H25N3O4. The molecule has 136 valence electrons. The first-order valence-electron chi connectivity index (χ1n) is 8.51. The number of ether oxygens (including phenoxy) is 1. The molecule has 1 aromatic rings. The van der Waals surface area contributed by atoms with E-state index in [1.807, 2.05) is 0 Å². The molecule has 1 saturated carbocycles. The van der Waals surface area contributed by atoms with Gasteiger partial charge >= 0.3 is 5.97 Å². The van der Waals surface area contributed by atoms with Crippen molar-refractivity contribution in [2.45, 2.75) is 38.1 Å². The summed E-state index contributed by atoms with van der Waals surface area (Å²) >= 11 is 0. The van der Waals surface area contributed by atoms with E-state index in [1.165, 1.54) is 7.11 Å². The van der Waals surface area contributed by atoms with Gasteiger partial charge in [0.15, 0.2) is 0 Å². The molecule has 4 N–H and O–H groups in total. The molecule has 1 fully saturated rings. The summed E-state index contributed by atoms with van der Waals surface area (Å²) in [5.74, 6) is -0.746. The van der Waals surface area contributed by atoms with E-state index in [0.717, 1.165) is 25.7 Å². The van der Waals surface area contributed by atoms with Gasteiger partial charge in [0, 0.05) is 29.8 Å². The summed E-state index contributed by atoms with van der Waals surface area (Å²) in [6.07, 6.45) is 3.42. The van der Waals surface area contributed by atoms with Gasteiger partial charge in [-0.15, -0.1) is 0 Å². The Hall–Kier alpha value is -2.41. The fraction of sp³-hybridized carbons (Fsp3) is 0.500. The molecule has 7 nitrogen and oxygen atoms in total. The molecule has 0 saturated heterocycles. The van der Waals surface area contributed by atoms with Crippen LogP contribution in [0.3, 0.4) is 0 Å². The maximum absolute atomic E-state index is 12.3. The van der Waals surface area contributed by atoms with Crippen LogP contribution in [0.5, 0.6) is 0 Å². The van der Waals surface area contributed by atoms with Crippen molar-refractivity contribution in [1.29, 1.82) is 0 Å². The lowest BCUT2D eigenvalue weighted by atomic mass is 9.86. The number of anilines is 1. The molecule has 1 aliphatic carbocycles. The fourth-order valence-electron chi connectivity index (χ4n) is 2.85. The van der Waals surface area contributed by atoms with E-state index in [9.17, 15) is 14.4 Å². The van der Waals surface area contributed by atoms with Crippen LogP contribution in [0.4, 0.5) is 5.69 Å². The number of amides is 2. The molecule has 2 rings (SSSR count). The van der Waals surface area contributed by atoms with Crippen molar-refractivity contribution in [3.05, 3.63) is 29.8 Å². The lowest BCUT2D eigenvalue weighted by Gasteiger charge is -2.25. The second-order valence-electron chi connectivity index (χ2n) is 6.26. The Morgan fingerprint density at radius 2 is 1.92 bits per heavy atom. The van der Waals surface area contributed by atoms with Crippen LogP contribution in [0.25, 0.3) is 0 Å². The van der Waals surface area contributed by atoms with Crippen molar-refractivity contribution in [3.8, 4) is 0 Å². The smallest absolute Gasteiger partial charge is 0.307 e. The van der Waals surface area contributed by atoms with E-state index in [2.05, 4.69) is 15.4 Å². The van der Waals surface area contributed by atoms with Crippen LogP contribution in [0.2, 0.25) is 0 Å². The molecule has 0 bridgehead atoms. The number of carbonyl (C=O) groups excluding carboxylic acids is 3. The van der Waals surface area contributed by atoms with Gasteiger partial charge < -0.3 is 21.1 Å². The van der Waals surface area contributed by atoms with Gasteiger partial charge in [-0.3, -0.25) is 14.4 Å². The van der Waals surface area contributed by atoms with Crippen LogP contribution in [0, 0.1) is 5.92 Å². The second-order valence-corrected chi connectivity index (χ2v) is 6.26. The standard InChI is InChI=1S/C18H25N3O4/c1-25-16(22)9-10-20-17(23)13-3-2-4-15(11-13)21-18(24)12-5-7-14(19)8-6-12/h2-4,11-12,14H,5-10,19H2,1H3,(H,20,23)(H,21,24). The minimum atomic E-state index is -0.381. The molecule has 0 spiro atoms. The number of hydrogen-bond acceptors (Lipinski definition) is 5. The van der Waals surface area contributed by atoms with E-state index in [0.29, 0.717) is 11.3 Å². The summed E-state index contributed by atoms with van der Waals surface area (Å²) in [5, 5.41) is 5.52. The fourth-order valence-corrected chi connectivity index (χ4v) is 2.85. The van der Waals surface area contributed by atoms with Crippen LogP contribution in [0.1, 0.15) is 42.5 Å². The second kappa shape index (κ2) is 9.17. The van der Waals surface area contributed by atoms with Gasteiger partial charge in [0.1, 0.15) is 0 Å². The molecular weight excluding hydrogens is 322 g/mol. The summed E-state index contributed by atoms with van der Waals surface area (Å²) in [6, 6.07) is 6.93. The van der Waals surface area contributed by atoms with Crippen LogP contribution < -0.4 is 16.4 Å². The van der Waals surface area contributed by atoms with Crippen LogP contribution in [-0.4, -0.2) is 37.5 Å². The zero-order valence-corrected chi connectivity index (χ0v) is 14.4. The molecule has 0 aromatic heterocycles. The first-order chi connectivity index (χ1) is 12.0. The quantitative estimate of drug-likeness (QED) is 0.674. The number of hydrogen-bond donors (Lipinski definition) is 3. The number of methoxy groups -OCH3 is 1. The van der Waals surface area contributed by atoms with Gasteiger partial charge in [-0.1, -0.05) is 6.07 Å². The molecule has 0 aliphatic heterocycles. The van der Waals surface area contributed by atoms with E-state index in [1.54, 1.807) is 24.3 Å². The summed E-state index contributed by atoms with van der Waals surface area (Å²) in [5.41, 5.74) is 6.87. The maximum Gasteiger partial charge on any atom is 0.307 e. The highest BCUT2D eigenvalue weighted by molar-refractivity contribution is 5.97. The molecule has 25 heavy (non-hydrogen) atoms. The summed E-state index contributed by atoms with van der Waals surface area (Å²) in [6.45, 7) is 0.199. The normalized spacial score (nSPS) is 19.8. The average molecular weight is 347 g/mol. The Kier molecular flexibility index (Phi) is 6.94. The number of carbonyl (C=O) groups is 3. The van der Waals surface area contributed by atoms with E-state index < -0.39 is 0 Å². The third-order valence-electron chi connectivity index (χ3n) is 4.38. The van der Waals surface area contributed by atoms with Gasteiger partial charge in [0.25, 0.3) is 5.91 Å². The lowest BCUT2D eigenvalue weighted by Crippen LogP contribution is -2.32. The van der Waals surface area contributed by atoms with Crippen molar-refractivity contribution in [2.75, 3.05) is 19.0 Å². The van der Waals surface area contributed by atoms with Crippen LogP contribution in [-0.2, 0) is 14.3 Å². The summed E-state index contributed by atoms with van der Waals surface area (Å²) in [7, 11) is 1.30. The summed E-state index contributed by atoms with van der Waals surface area (Å²) < 4.78 is 4.52. The minimum Gasteiger partial charge on any atom is -0.469 e. The first kappa shape index (κ1) is 18.9. The van der Waals surface area contributed by atoms with E-state index in [-0.39, 0.29) is 42.7 Å². The number of esters is 1. The van der Waals surface area contributed by atoms with Gasteiger partial charge in [-0.05, 0) is 43.9 Å². The Morgan fingerprint density at radius 3 is 2.60 bits per heavy atom. The van der Waals surface area contributed by atoms with Gasteiger partial charge in [-0.2, -0.15) is 0 Å². The third-order valence-corrected chi connectivity index (χ3v) is 4.38. The Labute approximate surface area is 147 Å². The molecule has 0 heterocycles. The monoisotopic (exact) mass is 347 g/mol. The maximum atomic E-state index is 12.3. The third kappa shape index (κ3) is 5.86. The van der Waals surface area contributed by atoms with Crippen LogP contribution >= 0.6 is 0 Å². The highest BCUT2D eigenvalue weighted by atomic mass is 16.5. The van der Waals surface area contributed by atoms with Gasteiger partial charge in [0.05, 0.1) is 13.5 Å². The predicted octanol–water partition coefficient (Wildman–Crippen LogP) is 1.44. The van der Waals surface area contributed by atoms with Crippen molar-refractivity contribution in [2.24, 2.45) is 11.7 Å². The highest BCUT2D eigenvalue weighted by Gasteiger charge is 2.24. The Bertz CT molecular complexity index is 625. The highest BCUT2D eigenvalue weighted by Crippen LogP contribution is 2.24. The average Bonchev–Trinajstić information content (AvgIpc) is 2.62. The van der Waals surface area contributed by atoms with Gasteiger partial charge in [-0.25, -0.2) is 0 Å². The predicted molar refractivity (Wildman–Crippen MR) is 94.0 cm³/mol. The van der Waals surface area contributed by atoms with Crippen molar-refractivity contribution in [1.82, 2.24) is 5.32 Å². The number of nitrogens with two attached hydrogens (primary N) is 1. The zero-order valence-electron chi connectivity index (χ0n) is 14.4. The molecule has 0 atom stereocenters. The first-order valence-corrected chi connectivity index (χ1v) is 8.51. The van der Waals surface area contributed by atoms with Crippen molar-refractivity contribution in [3.63, 3.8) is 0 Å². The molecule has 1 aromatic carbocycles. The Balaban J connectivity index is 1.88. The molecule has 0 unspecified atom stereocenters. The molecule has 0 radical (unpaired) electrons. The van der Waals surface area contributed by atoms with Gasteiger partial charge in [0.2, 0.25) is 5.91 Å².